The number of hydrogen-bond donors (Lipinski definition) is 0. The lowest BCUT2D eigenvalue weighted by Gasteiger charge is -2.30. The fourth-order valence-corrected chi connectivity index (χ4v) is 2.89. The van der Waals surface area contributed by atoms with Crippen LogP contribution >= 0.6 is 11.3 Å². The summed E-state index contributed by atoms with van der Waals surface area (Å²) in [5.74, 6) is 1.46. The zero-order valence-corrected chi connectivity index (χ0v) is 10.7. The van der Waals surface area contributed by atoms with E-state index in [2.05, 4.69) is 36.9 Å². The van der Waals surface area contributed by atoms with E-state index in [-0.39, 0.29) is 0 Å². The van der Waals surface area contributed by atoms with Crippen molar-refractivity contribution in [1.82, 2.24) is 4.98 Å². The van der Waals surface area contributed by atoms with E-state index in [4.69, 9.17) is 0 Å². The van der Waals surface area contributed by atoms with Gasteiger partial charge >= 0.3 is 0 Å². The molecule has 0 N–H and O–H groups in total. The summed E-state index contributed by atoms with van der Waals surface area (Å²) >= 11 is 1.86. The van der Waals surface area contributed by atoms with Crippen LogP contribution in [-0.2, 0) is 0 Å². The quantitative estimate of drug-likeness (QED) is 0.764. The van der Waals surface area contributed by atoms with E-state index in [9.17, 15) is 0 Å². The zero-order chi connectivity index (χ0) is 10.8. The number of anilines is 1. The molecule has 84 valence electrons. The second-order valence-corrected chi connectivity index (χ2v) is 5.90. The van der Waals surface area contributed by atoms with Gasteiger partial charge in [-0.15, -0.1) is 11.3 Å². The highest BCUT2D eigenvalue weighted by molar-refractivity contribution is 7.15. The van der Waals surface area contributed by atoms with Gasteiger partial charge in [-0.2, -0.15) is 0 Å². The van der Waals surface area contributed by atoms with Gasteiger partial charge in [0, 0.05) is 19.0 Å². The van der Waals surface area contributed by atoms with Gasteiger partial charge in [-0.1, -0.05) is 20.8 Å². The molecule has 0 spiro atoms. The van der Waals surface area contributed by atoms with E-state index in [1.54, 1.807) is 0 Å². The summed E-state index contributed by atoms with van der Waals surface area (Å²) in [5.41, 5.74) is 0. The van der Waals surface area contributed by atoms with Crippen LogP contribution in [0.4, 0.5) is 5.00 Å². The Morgan fingerprint density at radius 1 is 1.40 bits per heavy atom. The Kier molecular flexibility index (Phi) is 3.29. The molecule has 0 aromatic carbocycles. The summed E-state index contributed by atoms with van der Waals surface area (Å²) in [7, 11) is 0. The minimum Gasteiger partial charge on any atom is -0.362 e. The number of nitrogens with zero attached hydrogens (tertiary/aromatic N) is 2. The molecule has 1 fully saturated rings. The molecule has 1 aromatic heterocycles. The topological polar surface area (TPSA) is 16.1 Å². The third kappa shape index (κ3) is 2.51. The Morgan fingerprint density at radius 2 is 2.07 bits per heavy atom. The van der Waals surface area contributed by atoms with Crippen LogP contribution in [0.1, 0.15) is 44.5 Å². The monoisotopic (exact) mass is 224 g/mol. The largest absolute Gasteiger partial charge is 0.362 e. The van der Waals surface area contributed by atoms with Gasteiger partial charge in [0.2, 0.25) is 0 Å². The lowest BCUT2D eigenvalue weighted by molar-refractivity contribution is 0.439. The molecule has 2 nitrogen and oxygen atoms in total. The average Bonchev–Trinajstić information content (AvgIpc) is 2.68. The third-order valence-corrected chi connectivity index (χ3v) is 4.46. The molecule has 0 bridgehead atoms. The molecule has 2 heterocycles. The molecule has 0 aliphatic carbocycles. The maximum absolute atomic E-state index is 4.49. The van der Waals surface area contributed by atoms with Gasteiger partial charge in [0.25, 0.3) is 0 Å². The van der Waals surface area contributed by atoms with Gasteiger partial charge in [0.05, 0.1) is 11.2 Å². The Bertz CT molecular complexity index is 311. The van der Waals surface area contributed by atoms with Crippen molar-refractivity contribution in [2.24, 2.45) is 5.92 Å². The van der Waals surface area contributed by atoms with Crippen molar-refractivity contribution in [3.63, 3.8) is 0 Å². The molecular formula is C12H20N2S. The van der Waals surface area contributed by atoms with Crippen molar-refractivity contribution < 1.29 is 0 Å². The Morgan fingerprint density at radius 3 is 2.60 bits per heavy atom. The van der Waals surface area contributed by atoms with E-state index in [0.29, 0.717) is 5.92 Å². The Balaban J connectivity index is 2.03. The highest BCUT2D eigenvalue weighted by atomic mass is 32.1. The number of thiazole rings is 1. The highest BCUT2D eigenvalue weighted by Crippen LogP contribution is 2.30. The molecule has 0 unspecified atom stereocenters. The van der Waals surface area contributed by atoms with E-state index < -0.39 is 0 Å². The molecule has 15 heavy (non-hydrogen) atoms. The zero-order valence-electron chi connectivity index (χ0n) is 9.86. The van der Waals surface area contributed by atoms with Crippen LogP contribution in [0.2, 0.25) is 0 Å². The van der Waals surface area contributed by atoms with E-state index in [1.165, 1.54) is 35.9 Å². The molecule has 1 aliphatic rings. The molecule has 0 radical (unpaired) electrons. The molecule has 1 saturated heterocycles. The summed E-state index contributed by atoms with van der Waals surface area (Å²) in [6, 6.07) is 0. The highest BCUT2D eigenvalue weighted by Gasteiger charge is 2.18. The van der Waals surface area contributed by atoms with Gasteiger partial charge in [0.15, 0.2) is 0 Å². The fraction of sp³-hybridized carbons (Fsp3) is 0.750. The lowest BCUT2D eigenvalue weighted by Crippen LogP contribution is -2.32. The molecular weight excluding hydrogens is 204 g/mol. The second-order valence-electron chi connectivity index (χ2n) is 4.86. The minimum atomic E-state index is 0.562. The van der Waals surface area contributed by atoms with Gasteiger partial charge in [0.1, 0.15) is 5.00 Å². The lowest BCUT2D eigenvalue weighted by atomic mass is 10.00. The summed E-state index contributed by atoms with van der Waals surface area (Å²) in [6.07, 6.45) is 4.71. The van der Waals surface area contributed by atoms with Crippen LogP contribution in [0, 0.1) is 5.92 Å². The normalized spacial score (nSPS) is 18.8. The minimum absolute atomic E-state index is 0.562. The van der Waals surface area contributed by atoms with Crippen molar-refractivity contribution in [1.29, 1.82) is 0 Å². The average molecular weight is 224 g/mol. The molecule has 2 rings (SSSR count). The first-order valence-corrected chi connectivity index (χ1v) is 6.69. The predicted molar refractivity (Wildman–Crippen MR) is 66.8 cm³/mol. The fourth-order valence-electron chi connectivity index (χ4n) is 1.92. The number of rotatable bonds is 2. The maximum Gasteiger partial charge on any atom is 0.111 e. The molecule has 1 aromatic rings. The summed E-state index contributed by atoms with van der Waals surface area (Å²) in [6.45, 7) is 9.19. The molecule has 1 aliphatic heterocycles. The van der Waals surface area contributed by atoms with Gasteiger partial charge < -0.3 is 4.90 Å². The smallest absolute Gasteiger partial charge is 0.111 e. The molecule has 0 saturated carbocycles. The van der Waals surface area contributed by atoms with Crippen LogP contribution in [0.5, 0.6) is 0 Å². The Labute approximate surface area is 96.3 Å². The van der Waals surface area contributed by atoms with E-state index >= 15 is 0 Å². The van der Waals surface area contributed by atoms with Crippen molar-refractivity contribution >= 4 is 16.3 Å². The van der Waals surface area contributed by atoms with Gasteiger partial charge in [-0.3, -0.25) is 0 Å². The first kappa shape index (κ1) is 10.9. The van der Waals surface area contributed by atoms with E-state index in [0.717, 1.165) is 5.92 Å². The standard InChI is InChI=1S/C12H20N2S/c1-9(2)12-13-8-11(15-12)14-6-4-10(3)5-7-14/h8-10H,4-7H2,1-3H3. The summed E-state index contributed by atoms with van der Waals surface area (Å²) in [5, 5.41) is 2.63. The first-order valence-electron chi connectivity index (χ1n) is 5.87. The van der Waals surface area contributed by atoms with Crippen molar-refractivity contribution in [3.8, 4) is 0 Å². The van der Waals surface area contributed by atoms with Crippen molar-refractivity contribution in [2.75, 3.05) is 18.0 Å². The van der Waals surface area contributed by atoms with Gasteiger partial charge in [-0.25, -0.2) is 4.98 Å². The summed E-state index contributed by atoms with van der Waals surface area (Å²) < 4.78 is 0. The molecule has 0 amide bonds. The van der Waals surface area contributed by atoms with Crippen LogP contribution in [-0.4, -0.2) is 18.1 Å². The number of hydrogen-bond acceptors (Lipinski definition) is 3. The number of piperidine rings is 1. The third-order valence-electron chi connectivity index (χ3n) is 3.10. The van der Waals surface area contributed by atoms with Crippen LogP contribution in [0.25, 0.3) is 0 Å². The van der Waals surface area contributed by atoms with Crippen molar-refractivity contribution in [3.05, 3.63) is 11.2 Å². The molecule has 3 heteroatoms. The van der Waals surface area contributed by atoms with Gasteiger partial charge in [-0.05, 0) is 18.8 Å². The SMILES string of the molecule is CC1CCN(c2cnc(C(C)C)s2)CC1. The second kappa shape index (κ2) is 4.52. The number of aromatic nitrogens is 1. The predicted octanol–water partition coefficient (Wildman–Crippen LogP) is 3.50. The Hall–Kier alpha value is -0.570. The molecule has 0 atom stereocenters. The first-order chi connectivity index (χ1) is 7.16. The van der Waals surface area contributed by atoms with Crippen LogP contribution in [0.15, 0.2) is 6.20 Å². The summed E-state index contributed by atoms with van der Waals surface area (Å²) in [4.78, 5) is 6.98. The van der Waals surface area contributed by atoms with Crippen LogP contribution < -0.4 is 4.90 Å². The van der Waals surface area contributed by atoms with Crippen molar-refractivity contribution in [2.45, 2.75) is 39.5 Å². The van der Waals surface area contributed by atoms with Crippen LogP contribution in [0.3, 0.4) is 0 Å². The van der Waals surface area contributed by atoms with E-state index in [1.807, 2.05) is 11.3 Å². The maximum atomic E-state index is 4.49.